The Labute approximate surface area is 482 Å². The molecule has 0 heteroatoms. The topological polar surface area (TPSA) is 0 Å². The molecule has 0 bridgehead atoms. The summed E-state index contributed by atoms with van der Waals surface area (Å²) in [5.41, 5.74) is 33.7. The molecule has 0 spiro atoms. The van der Waals surface area contributed by atoms with Crippen LogP contribution in [0.3, 0.4) is 0 Å². The number of fused-ring (bicyclic) bond motifs is 9. The molecule has 0 saturated carbocycles. The van der Waals surface area contributed by atoms with Crippen LogP contribution in [0.15, 0.2) is 254 Å². The molecule has 2 atom stereocenters. The zero-order valence-corrected chi connectivity index (χ0v) is 46.3. The first-order valence-corrected chi connectivity index (χ1v) is 30.4. The van der Waals surface area contributed by atoms with Crippen LogP contribution in [0.4, 0.5) is 0 Å². The summed E-state index contributed by atoms with van der Waals surface area (Å²) in [5.74, 6) is 0.214. The summed E-state index contributed by atoms with van der Waals surface area (Å²) in [7, 11) is 0. The van der Waals surface area contributed by atoms with Crippen LogP contribution in [0.1, 0.15) is 109 Å². The van der Waals surface area contributed by atoms with Crippen molar-refractivity contribution in [2.75, 3.05) is 0 Å². The molecule has 390 valence electrons. The molecule has 0 aliphatic heterocycles. The Morgan fingerprint density at radius 2 is 0.610 bits per heavy atom. The van der Waals surface area contributed by atoms with Gasteiger partial charge in [0.15, 0.2) is 0 Å². The lowest BCUT2D eigenvalue weighted by molar-refractivity contribution is 0.758. The van der Waals surface area contributed by atoms with E-state index in [0.29, 0.717) is 0 Å². The fourth-order valence-corrected chi connectivity index (χ4v) is 16.2. The fourth-order valence-electron chi connectivity index (χ4n) is 16.2. The zero-order chi connectivity index (χ0) is 53.8. The van der Waals surface area contributed by atoms with Crippen LogP contribution >= 0.6 is 0 Å². The number of allylic oxidation sites excluding steroid dienone is 28. The molecular formula is C82H62. The molecule has 0 heterocycles. The molecular weight excluding hydrogens is 985 g/mol. The molecule has 8 aromatic carbocycles. The average Bonchev–Trinajstić information content (AvgIpc) is 1.97. The molecule has 0 amide bonds. The van der Waals surface area contributed by atoms with E-state index >= 15 is 0 Å². The molecule has 0 nitrogen and oxygen atoms in total. The highest BCUT2D eigenvalue weighted by molar-refractivity contribution is 6.25. The molecule has 0 N–H and O–H groups in total. The van der Waals surface area contributed by atoms with E-state index < -0.39 is 0 Å². The van der Waals surface area contributed by atoms with Gasteiger partial charge in [0.1, 0.15) is 0 Å². The largest absolute Gasteiger partial charge is 0.0842 e. The molecule has 2 unspecified atom stereocenters. The van der Waals surface area contributed by atoms with E-state index in [1.165, 1.54) is 166 Å². The summed E-state index contributed by atoms with van der Waals surface area (Å²) in [5, 5.41) is 7.89. The van der Waals surface area contributed by atoms with Crippen LogP contribution in [0, 0.1) is 11.8 Å². The Balaban J connectivity index is 1.02. The van der Waals surface area contributed by atoms with Gasteiger partial charge in [-0.2, -0.15) is 0 Å². The Morgan fingerprint density at radius 1 is 0.268 bits per heavy atom. The van der Waals surface area contributed by atoms with Gasteiger partial charge in [0, 0.05) is 11.8 Å². The first kappa shape index (κ1) is 47.7. The predicted octanol–water partition coefficient (Wildman–Crippen LogP) is 22.2. The van der Waals surface area contributed by atoms with Crippen molar-refractivity contribution in [2.24, 2.45) is 11.8 Å². The van der Waals surface area contributed by atoms with Gasteiger partial charge in [-0.3, -0.25) is 0 Å². The quantitative estimate of drug-likeness (QED) is 0.133. The van der Waals surface area contributed by atoms with Gasteiger partial charge in [0.2, 0.25) is 0 Å². The summed E-state index contributed by atoms with van der Waals surface area (Å²) in [4.78, 5) is 0. The number of benzene rings is 8. The summed E-state index contributed by atoms with van der Waals surface area (Å²) >= 11 is 0. The van der Waals surface area contributed by atoms with Crippen molar-refractivity contribution in [3.05, 3.63) is 298 Å². The van der Waals surface area contributed by atoms with Crippen LogP contribution in [0.5, 0.6) is 0 Å². The van der Waals surface area contributed by atoms with Crippen LogP contribution in [-0.2, 0) is 0 Å². The minimum atomic E-state index is 0.103. The van der Waals surface area contributed by atoms with Crippen LogP contribution in [0.25, 0.3) is 110 Å². The van der Waals surface area contributed by atoms with E-state index in [4.69, 9.17) is 0 Å². The third-order valence-corrected chi connectivity index (χ3v) is 19.6. The maximum atomic E-state index is 2.62. The minimum absolute atomic E-state index is 0.103. The summed E-state index contributed by atoms with van der Waals surface area (Å²) < 4.78 is 0. The Kier molecular flexibility index (Phi) is 11.2. The summed E-state index contributed by atoms with van der Waals surface area (Å²) in [6, 6.07) is 51.9. The molecule has 17 rings (SSSR count). The first-order valence-electron chi connectivity index (χ1n) is 30.4. The Morgan fingerprint density at radius 3 is 1.02 bits per heavy atom. The molecule has 0 fully saturated rings. The number of rotatable bonds is 8. The maximum absolute atomic E-state index is 2.62. The molecule has 9 aliphatic carbocycles. The maximum Gasteiger partial charge on any atom is 0.0212 e. The van der Waals surface area contributed by atoms with E-state index in [1.807, 2.05) is 0 Å². The monoisotopic (exact) mass is 1050 g/mol. The third-order valence-electron chi connectivity index (χ3n) is 19.6. The van der Waals surface area contributed by atoms with Gasteiger partial charge < -0.3 is 0 Å². The van der Waals surface area contributed by atoms with E-state index in [0.717, 1.165) is 64.2 Å². The minimum Gasteiger partial charge on any atom is -0.0842 e. The molecule has 0 saturated heterocycles. The fraction of sp³-hybridized carbons (Fsp3) is 0.146. The first-order chi connectivity index (χ1) is 40.8. The van der Waals surface area contributed by atoms with Crippen molar-refractivity contribution in [3.8, 4) is 33.4 Å². The lowest BCUT2D eigenvalue weighted by Crippen LogP contribution is -2.18. The van der Waals surface area contributed by atoms with E-state index in [9.17, 15) is 0 Å². The Bertz CT molecular complexity index is 4650. The molecule has 8 aromatic rings. The summed E-state index contributed by atoms with van der Waals surface area (Å²) in [6.45, 7) is 0. The SMILES string of the molecule is C1=CCCC(C2=C(c3c4c(c(-c5ccccc5C5=CC=CCC5)c5ccccc35)C3=CC=C5c6c(c(-c7ccccc7C7=CC=CCC7)c7cc8ccccc8cc7c6-c6ccccc6C6=CC=CCC6)C6=CC=C4C3C65)C=CCC2)=C1. The van der Waals surface area contributed by atoms with Crippen molar-refractivity contribution < 1.29 is 0 Å². The zero-order valence-electron chi connectivity index (χ0n) is 46.3. The van der Waals surface area contributed by atoms with E-state index in [2.05, 4.69) is 243 Å². The van der Waals surface area contributed by atoms with Gasteiger partial charge in [-0.15, -0.1) is 0 Å². The second-order valence-corrected chi connectivity index (χ2v) is 23.8. The van der Waals surface area contributed by atoms with Crippen molar-refractivity contribution in [1.29, 1.82) is 0 Å². The van der Waals surface area contributed by atoms with Crippen molar-refractivity contribution in [1.82, 2.24) is 0 Å². The highest BCUT2D eigenvalue weighted by Crippen LogP contribution is 2.69. The van der Waals surface area contributed by atoms with E-state index in [1.54, 1.807) is 0 Å². The highest BCUT2D eigenvalue weighted by Gasteiger charge is 2.51. The smallest absolute Gasteiger partial charge is 0.0212 e. The van der Waals surface area contributed by atoms with Crippen LogP contribution in [0.2, 0.25) is 0 Å². The van der Waals surface area contributed by atoms with Gasteiger partial charge in [0.25, 0.3) is 0 Å². The Hall–Kier alpha value is -9.10. The van der Waals surface area contributed by atoms with Gasteiger partial charge in [-0.05, 0) is 242 Å². The second kappa shape index (κ2) is 19.3. The number of hydrogen-bond donors (Lipinski definition) is 0. The lowest BCUT2D eigenvalue weighted by Gasteiger charge is -2.31. The van der Waals surface area contributed by atoms with Crippen molar-refractivity contribution >= 4 is 76.9 Å². The molecule has 82 heavy (non-hydrogen) atoms. The summed E-state index contributed by atoms with van der Waals surface area (Å²) in [6.07, 6.45) is 54.0. The molecule has 0 aromatic heterocycles. The molecule has 0 radical (unpaired) electrons. The molecule has 9 aliphatic rings. The van der Waals surface area contributed by atoms with Gasteiger partial charge in [-0.25, -0.2) is 0 Å². The normalized spacial score (nSPS) is 20.0. The number of hydrogen-bond acceptors (Lipinski definition) is 0. The van der Waals surface area contributed by atoms with Crippen molar-refractivity contribution in [2.45, 2.75) is 64.2 Å². The highest BCUT2D eigenvalue weighted by atomic mass is 14.5. The van der Waals surface area contributed by atoms with Crippen LogP contribution in [-0.4, -0.2) is 0 Å². The lowest BCUT2D eigenvalue weighted by atomic mass is 9.71. The van der Waals surface area contributed by atoms with Gasteiger partial charge >= 0.3 is 0 Å². The standard InChI is InChI=1S/C82H62/c1-5-25-51(26-6-1)57-35-15-19-39-61(57)73-65-43-23-24-44-66(65)74(62-40-20-16-36-58(62)52-27-7-2-8-28-52)80-68-46-48-70-78-69(47-45-67(77(68)78)79(73)80)81-75(63-41-21-17-37-59(63)53-29-9-3-10-30-53)71-49-55-33-13-14-34-56(55)50-72(71)76(82(70)81)64-42-22-18-38-60(64)54-31-11-4-12-32-54/h1-5,7,9,11,13-15,17-25,27,29,31,33-35,37-50,77-78H,6,8,10,12,16,26,28,30,32,36H2. The average molecular weight is 1050 g/mol. The van der Waals surface area contributed by atoms with Gasteiger partial charge in [-0.1, -0.05) is 231 Å². The predicted molar refractivity (Wildman–Crippen MR) is 351 cm³/mol. The van der Waals surface area contributed by atoms with Crippen LogP contribution < -0.4 is 0 Å². The van der Waals surface area contributed by atoms with Crippen molar-refractivity contribution in [3.63, 3.8) is 0 Å². The third kappa shape index (κ3) is 7.23. The van der Waals surface area contributed by atoms with E-state index in [-0.39, 0.29) is 11.8 Å². The van der Waals surface area contributed by atoms with Gasteiger partial charge in [0.05, 0.1) is 0 Å². The second-order valence-electron chi connectivity index (χ2n) is 23.8.